The van der Waals surface area contributed by atoms with E-state index in [9.17, 15) is 14.0 Å². The minimum absolute atomic E-state index is 0.0589. The molecule has 2 amide bonds. The number of nitrogens with one attached hydrogen (secondary N) is 1. The Morgan fingerprint density at radius 2 is 1.88 bits per heavy atom. The van der Waals surface area contributed by atoms with Crippen LogP contribution < -0.4 is 10.5 Å². The van der Waals surface area contributed by atoms with Crippen molar-refractivity contribution >= 4 is 11.8 Å². The number of primary amides is 1. The predicted octanol–water partition coefficient (Wildman–Crippen LogP) is 2.69. The number of nitrogens with two attached hydrogens (primary N) is 1. The summed E-state index contributed by atoms with van der Waals surface area (Å²) >= 11 is 0. The van der Waals surface area contributed by atoms with E-state index < -0.39 is 17.7 Å². The number of H-pyrrole nitrogens is 1. The van der Waals surface area contributed by atoms with Gasteiger partial charge in [-0.2, -0.15) is 0 Å². The maximum atomic E-state index is 14.2. The van der Waals surface area contributed by atoms with Crippen LogP contribution in [0.3, 0.4) is 0 Å². The number of hydrogen-bond donors (Lipinski definition) is 2. The van der Waals surface area contributed by atoms with Gasteiger partial charge in [-0.1, -0.05) is 30.3 Å². The number of nitrogens with zero attached hydrogens (tertiary/aromatic N) is 2. The van der Waals surface area contributed by atoms with E-state index in [1.165, 1.54) is 12.4 Å². The first-order valence-electron chi connectivity index (χ1n) is 10.9. The molecule has 0 saturated carbocycles. The number of rotatable bonds is 9. The van der Waals surface area contributed by atoms with Crippen LogP contribution in [-0.4, -0.2) is 46.9 Å². The van der Waals surface area contributed by atoms with Gasteiger partial charge in [0.15, 0.2) is 0 Å². The van der Waals surface area contributed by atoms with Crippen LogP contribution in [0.4, 0.5) is 4.39 Å². The van der Waals surface area contributed by atoms with E-state index in [1.807, 2.05) is 24.3 Å². The Labute approximate surface area is 191 Å². The molecule has 0 spiro atoms. The molecule has 1 unspecified atom stereocenters. The topological polar surface area (TPSA) is 101 Å². The van der Waals surface area contributed by atoms with Crippen LogP contribution in [-0.2, 0) is 22.4 Å². The van der Waals surface area contributed by atoms with Crippen molar-refractivity contribution in [3.05, 3.63) is 83.7 Å². The number of methoxy groups -OCH3 is 1. The Hall–Kier alpha value is -3.68. The number of ether oxygens (including phenoxy) is 1. The number of imidazole rings is 1. The molecular weight excluding hydrogens is 423 g/mol. The summed E-state index contributed by atoms with van der Waals surface area (Å²) in [5.41, 5.74) is 8.02. The number of amides is 2. The molecule has 2 atom stereocenters. The molecule has 1 aliphatic heterocycles. The first-order chi connectivity index (χ1) is 16.0. The lowest BCUT2D eigenvalue weighted by Crippen LogP contribution is -2.53. The van der Waals surface area contributed by atoms with E-state index >= 15 is 0 Å². The van der Waals surface area contributed by atoms with Crippen molar-refractivity contribution in [1.82, 2.24) is 14.9 Å². The van der Waals surface area contributed by atoms with Gasteiger partial charge in [0.1, 0.15) is 11.6 Å². The lowest BCUT2D eigenvalue weighted by atomic mass is 9.80. The number of carbonyl (C=O) groups excluding carboxylic acids is 2. The molecule has 1 fully saturated rings. The number of likely N-dealkylation sites (tertiary alicyclic amines) is 1. The van der Waals surface area contributed by atoms with Crippen molar-refractivity contribution in [2.75, 3.05) is 20.2 Å². The molecule has 0 radical (unpaired) electrons. The van der Waals surface area contributed by atoms with Crippen molar-refractivity contribution < 1.29 is 18.7 Å². The second-order valence-corrected chi connectivity index (χ2v) is 8.41. The molecule has 8 heteroatoms. The minimum Gasteiger partial charge on any atom is -0.497 e. The summed E-state index contributed by atoms with van der Waals surface area (Å²) < 4.78 is 19.4. The van der Waals surface area contributed by atoms with Gasteiger partial charge in [-0.3, -0.25) is 9.59 Å². The molecule has 2 heterocycles. The SMILES string of the molecule is COc1ccc(C[C@@H](C(=O)N2CC(c3ccccc3F)C2)C(Cc2cnc[nH]2)C(N)=O)cc1. The Morgan fingerprint density at radius 3 is 2.48 bits per heavy atom. The van der Waals surface area contributed by atoms with Crippen molar-refractivity contribution in [2.24, 2.45) is 17.6 Å². The second-order valence-electron chi connectivity index (χ2n) is 8.41. The summed E-state index contributed by atoms with van der Waals surface area (Å²) in [6.07, 6.45) is 3.79. The summed E-state index contributed by atoms with van der Waals surface area (Å²) in [4.78, 5) is 34.7. The average Bonchev–Trinajstić information content (AvgIpc) is 3.30. The molecule has 3 aromatic rings. The molecule has 2 aromatic carbocycles. The summed E-state index contributed by atoms with van der Waals surface area (Å²) in [5.74, 6) is -1.67. The maximum Gasteiger partial charge on any atom is 0.226 e. The Bertz CT molecular complexity index is 1100. The summed E-state index contributed by atoms with van der Waals surface area (Å²) in [6, 6.07) is 14.0. The van der Waals surface area contributed by atoms with Crippen molar-refractivity contribution in [1.29, 1.82) is 0 Å². The molecule has 7 nitrogen and oxygen atoms in total. The lowest BCUT2D eigenvalue weighted by Gasteiger charge is -2.42. The van der Waals surface area contributed by atoms with Crippen LogP contribution >= 0.6 is 0 Å². The zero-order chi connectivity index (χ0) is 23.4. The van der Waals surface area contributed by atoms with Crippen molar-refractivity contribution in [3.8, 4) is 5.75 Å². The summed E-state index contributed by atoms with van der Waals surface area (Å²) in [7, 11) is 1.59. The fourth-order valence-corrected chi connectivity index (χ4v) is 4.39. The molecule has 33 heavy (non-hydrogen) atoms. The van der Waals surface area contributed by atoms with Gasteiger partial charge in [-0.25, -0.2) is 9.37 Å². The minimum atomic E-state index is -0.715. The highest BCUT2D eigenvalue weighted by molar-refractivity contribution is 5.88. The van der Waals surface area contributed by atoms with Gasteiger partial charge in [-0.05, 0) is 35.7 Å². The number of hydrogen-bond acceptors (Lipinski definition) is 4. The first-order valence-corrected chi connectivity index (χ1v) is 10.9. The molecule has 0 aliphatic carbocycles. The fraction of sp³-hybridized carbons (Fsp3) is 0.320. The van der Waals surface area contributed by atoms with Crippen LogP contribution in [0, 0.1) is 17.7 Å². The van der Waals surface area contributed by atoms with E-state index in [0.717, 1.165) is 11.3 Å². The number of carbonyl (C=O) groups is 2. The summed E-state index contributed by atoms with van der Waals surface area (Å²) in [5, 5.41) is 0. The third kappa shape index (κ3) is 5.05. The smallest absolute Gasteiger partial charge is 0.226 e. The monoisotopic (exact) mass is 450 g/mol. The van der Waals surface area contributed by atoms with Gasteiger partial charge in [-0.15, -0.1) is 0 Å². The zero-order valence-electron chi connectivity index (χ0n) is 18.4. The van der Waals surface area contributed by atoms with Gasteiger partial charge in [0.25, 0.3) is 0 Å². The number of aromatic nitrogens is 2. The summed E-state index contributed by atoms with van der Waals surface area (Å²) in [6.45, 7) is 0.822. The molecule has 1 saturated heterocycles. The predicted molar refractivity (Wildman–Crippen MR) is 121 cm³/mol. The highest BCUT2D eigenvalue weighted by atomic mass is 19.1. The zero-order valence-corrected chi connectivity index (χ0v) is 18.4. The average molecular weight is 451 g/mol. The largest absolute Gasteiger partial charge is 0.497 e. The molecule has 4 rings (SSSR count). The quantitative estimate of drug-likeness (QED) is 0.523. The van der Waals surface area contributed by atoms with Crippen molar-refractivity contribution in [2.45, 2.75) is 18.8 Å². The molecule has 0 bridgehead atoms. The third-order valence-corrected chi connectivity index (χ3v) is 6.32. The lowest BCUT2D eigenvalue weighted by molar-refractivity contribution is -0.145. The highest BCUT2D eigenvalue weighted by Crippen LogP contribution is 2.33. The molecule has 1 aliphatic rings. The Kier molecular flexibility index (Phi) is 6.72. The van der Waals surface area contributed by atoms with E-state index in [2.05, 4.69) is 9.97 Å². The molecular formula is C25H27FN4O3. The van der Waals surface area contributed by atoms with E-state index in [1.54, 1.807) is 36.4 Å². The van der Waals surface area contributed by atoms with Crippen LogP contribution in [0.15, 0.2) is 61.1 Å². The highest BCUT2D eigenvalue weighted by Gasteiger charge is 2.40. The fourth-order valence-electron chi connectivity index (χ4n) is 4.39. The number of aromatic amines is 1. The number of halogens is 1. The van der Waals surface area contributed by atoms with Crippen molar-refractivity contribution in [3.63, 3.8) is 0 Å². The molecule has 3 N–H and O–H groups in total. The van der Waals surface area contributed by atoms with Crippen LogP contribution in [0.2, 0.25) is 0 Å². The van der Waals surface area contributed by atoms with Gasteiger partial charge in [0.2, 0.25) is 11.8 Å². The first kappa shape index (κ1) is 22.5. The van der Waals surface area contributed by atoms with Crippen LogP contribution in [0.5, 0.6) is 5.75 Å². The standard InChI is InChI=1S/C25H27FN4O3/c1-33-19-8-6-16(7-9-19)10-22(21(24(27)31)11-18-12-28-15-29-18)25(32)30-13-17(14-30)20-4-2-3-5-23(20)26/h2-9,12,15,17,21-22H,10-11,13-14H2,1H3,(H2,27,31)(H,28,29)/t21?,22-/m1/s1. The third-order valence-electron chi connectivity index (χ3n) is 6.32. The van der Waals surface area contributed by atoms with E-state index in [0.29, 0.717) is 30.8 Å². The molecule has 1 aromatic heterocycles. The van der Waals surface area contributed by atoms with Crippen LogP contribution in [0.1, 0.15) is 22.7 Å². The van der Waals surface area contributed by atoms with E-state index in [4.69, 9.17) is 10.5 Å². The second kappa shape index (κ2) is 9.85. The van der Waals surface area contributed by atoms with Gasteiger partial charge >= 0.3 is 0 Å². The Morgan fingerprint density at radius 1 is 1.15 bits per heavy atom. The molecule has 172 valence electrons. The number of benzene rings is 2. The van der Waals surface area contributed by atoms with Crippen LogP contribution in [0.25, 0.3) is 0 Å². The van der Waals surface area contributed by atoms with Gasteiger partial charge < -0.3 is 20.4 Å². The van der Waals surface area contributed by atoms with Gasteiger partial charge in [0, 0.05) is 37.3 Å². The maximum absolute atomic E-state index is 14.2. The Balaban J connectivity index is 1.55. The van der Waals surface area contributed by atoms with E-state index in [-0.39, 0.29) is 24.1 Å². The van der Waals surface area contributed by atoms with Gasteiger partial charge in [0.05, 0.1) is 25.3 Å². The normalized spacial score (nSPS) is 15.5.